The Morgan fingerprint density at radius 3 is 2.68 bits per heavy atom. The molecule has 0 saturated carbocycles. The number of likely N-dealkylation sites (tertiary alicyclic amines) is 1. The predicted molar refractivity (Wildman–Crippen MR) is 108 cm³/mol. The van der Waals surface area contributed by atoms with Crippen LogP contribution >= 0.6 is 0 Å². The SMILES string of the molecule is CN(C)c1ncc(C(=O)N2C[C@@H](c3ccc(F)c(F)c3)[C@@]3(COCCC(=O)N3)C2)cn1. The summed E-state index contributed by atoms with van der Waals surface area (Å²) in [6, 6.07) is 3.64. The monoisotopic (exact) mass is 431 g/mol. The summed E-state index contributed by atoms with van der Waals surface area (Å²) in [6.45, 7) is 0.772. The molecule has 1 spiro atoms. The topological polar surface area (TPSA) is 87.7 Å². The van der Waals surface area contributed by atoms with Gasteiger partial charge in [0.2, 0.25) is 11.9 Å². The van der Waals surface area contributed by atoms with E-state index in [-0.39, 0.29) is 44.5 Å². The highest BCUT2D eigenvalue weighted by Crippen LogP contribution is 2.38. The number of aromatic nitrogens is 2. The van der Waals surface area contributed by atoms with Gasteiger partial charge in [-0.05, 0) is 17.7 Å². The normalized spacial score (nSPS) is 23.5. The van der Waals surface area contributed by atoms with E-state index >= 15 is 0 Å². The molecule has 0 unspecified atom stereocenters. The molecule has 2 saturated heterocycles. The number of amides is 2. The lowest BCUT2D eigenvalue weighted by atomic mass is 9.82. The van der Waals surface area contributed by atoms with Gasteiger partial charge in [0.15, 0.2) is 11.6 Å². The van der Waals surface area contributed by atoms with Crippen molar-refractivity contribution in [3.8, 4) is 0 Å². The fraction of sp³-hybridized carbons (Fsp3) is 0.429. The highest BCUT2D eigenvalue weighted by Gasteiger charge is 2.51. The smallest absolute Gasteiger partial charge is 0.257 e. The van der Waals surface area contributed by atoms with Crippen LogP contribution in [0, 0.1) is 11.6 Å². The van der Waals surface area contributed by atoms with Crippen LogP contribution in [-0.4, -0.2) is 72.6 Å². The molecular weight excluding hydrogens is 408 g/mol. The average Bonchev–Trinajstić information content (AvgIpc) is 3.00. The van der Waals surface area contributed by atoms with Gasteiger partial charge in [0.05, 0.1) is 24.3 Å². The first-order valence-electron chi connectivity index (χ1n) is 9.91. The quantitative estimate of drug-likeness (QED) is 0.789. The van der Waals surface area contributed by atoms with Crippen molar-refractivity contribution in [2.24, 2.45) is 0 Å². The number of hydrogen-bond donors (Lipinski definition) is 1. The molecule has 10 heteroatoms. The molecule has 2 amide bonds. The van der Waals surface area contributed by atoms with Crippen molar-refractivity contribution in [3.63, 3.8) is 0 Å². The third-order valence-electron chi connectivity index (χ3n) is 5.68. The zero-order chi connectivity index (χ0) is 22.2. The molecular formula is C21H23F2N5O3. The zero-order valence-electron chi connectivity index (χ0n) is 17.3. The van der Waals surface area contributed by atoms with Gasteiger partial charge >= 0.3 is 0 Å². The van der Waals surface area contributed by atoms with Crippen LogP contribution in [0.5, 0.6) is 0 Å². The number of ether oxygens (including phenoxy) is 1. The van der Waals surface area contributed by atoms with Crippen molar-refractivity contribution < 1.29 is 23.1 Å². The molecule has 1 aromatic heterocycles. The molecule has 0 radical (unpaired) electrons. The molecule has 8 nitrogen and oxygen atoms in total. The van der Waals surface area contributed by atoms with Crippen LogP contribution in [0.1, 0.15) is 28.3 Å². The van der Waals surface area contributed by atoms with Gasteiger partial charge in [-0.25, -0.2) is 18.7 Å². The van der Waals surface area contributed by atoms with Crippen LogP contribution in [-0.2, 0) is 9.53 Å². The fourth-order valence-electron chi connectivity index (χ4n) is 4.13. The van der Waals surface area contributed by atoms with Gasteiger partial charge in [0.25, 0.3) is 5.91 Å². The van der Waals surface area contributed by atoms with E-state index in [1.54, 1.807) is 23.9 Å². The number of rotatable bonds is 3. The van der Waals surface area contributed by atoms with Crippen LogP contribution in [0.25, 0.3) is 0 Å². The summed E-state index contributed by atoms with van der Waals surface area (Å²) in [5.41, 5.74) is -0.162. The number of carbonyl (C=O) groups excluding carboxylic acids is 2. The van der Waals surface area contributed by atoms with E-state index < -0.39 is 23.1 Å². The Hall–Kier alpha value is -3.14. The Morgan fingerprint density at radius 1 is 1.26 bits per heavy atom. The third kappa shape index (κ3) is 4.07. The van der Waals surface area contributed by atoms with Gasteiger partial charge in [0, 0.05) is 51.9 Å². The standard InChI is InChI=1S/C21H23F2N5O3/c1-27(2)20-24-8-14(9-25-20)19(30)28-10-15(13-3-4-16(22)17(23)7-13)21(11-28)12-31-6-5-18(29)26-21/h3-4,7-9,15H,5-6,10-12H2,1-2H3,(H,26,29)/t15-,21-/m0/s1. The van der Waals surface area contributed by atoms with Crippen molar-refractivity contribution in [2.75, 3.05) is 45.3 Å². The number of carbonyl (C=O) groups is 2. The number of nitrogens with one attached hydrogen (secondary N) is 1. The van der Waals surface area contributed by atoms with Crippen molar-refractivity contribution in [1.29, 1.82) is 0 Å². The van der Waals surface area contributed by atoms with E-state index in [9.17, 15) is 18.4 Å². The number of halogens is 2. The molecule has 0 bridgehead atoms. The van der Waals surface area contributed by atoms with E-state index in [0.717, 1.165) is 12.1 Å². The highest BCUT2D eigenvalue weighted by atomic mass is 19.2. The van der Waals surface area contributed by atoms with Gasteiger partial charge in [-0.1, -0.05) is 6.07 Å². The Morgan fingerprint density at radius 2 is 2.00 bits per heavy atom. The Kier molecular flexibility index (Phi) is 5.57. The lowest BCUT2D eigenvalue weighted by Gasteiger charge is -2.33. The van der Waals surface area contributed by atoms with Gasteiger partial charge in [-0.2, -0.15) is 0 Å². The minimum Gasteiger partial charge on any atom is -0.378 e. The molecule has 3 heterocycles. The third-order valence-corrected chi connectivity index (χ3v) is 5.68. The number of nitrogens with zero attached hydrogens (tertiary/aromatic N) is 4. The maximum absolute atomic E-state index is 14.0. The number of benzene rings is 1. The zero-order valence-corrected chi connectivity index (χ0v) is 17.3. The molecule has 1 aromatic carbocycles. The molecule has 1 N–H and O–H groups in total. The maximum atomic E-state index is 14.0. The molecule has 2 atom stereocenters. The first kappa shape index (κ1) is 21.1. The summed E-state index contributed by atoms with van der Waals surface area (Å²) < 4.78 is 33.1. The Balaban J connectivity index is 1.67. The maximum Gasteiger partial charge on any atom is 0.257 e. The van der Waals surface area contributed by atoms with Gasteiger partial charge in [-0.3, -0.25) is 9.59 Å². The van der Waals surface area contributed by atoms with Crippen molar-refractivity contribution in [2.45, 2.75) is 17.9 Å². The molecule has 2 aromatic rings. The molecule has 2 aliphatic rings. The second-order valence-electron chi connectivity index (χ2n) is 8.08. The van der Waals surface area contributed by atoms with Crippen LogP contribution < -0.4 is 10.2 Å². The molecule has 164 valence electrons. The van der Waals surface area contributed by atoms with Gasteiger partial charge in [0.1, 0.15) is 0 Å². The summed E-state index contributed by atoms with van der Waals surface area (Å²) in [5.74, 6) is -2.46. The average molecular weight is 431 g/mol. The van der Waals surface area contributed by atoms with Crippen LogP contribution in [0.3, 0.4) is 0 Å². The van der Waals surface area contributed by atoms with Crippen molar-refractivity contribution >= 4 is 17.8 Å². The first-order valence-corrected chi connectivity index (χ1v) is 9.91. The van der Waals surface area contributed by atoms with E-state index in [2.05, 4.69) is 15.3 Å². The predicted octanol–water partition coefficient (Wildman–Crippen LogP) is 1.34. The van der Waals surface area contributed by atoms with Gasteiger partial charge < -0.3 is 19.9 Å². The first-order chi connectivity index (χ1) is 14.8. The van der Waals surface area contributed by atoms with E-state index in [0.29, 0.717) is 17.1 Å². The Bertz CT molecular complexity index is 1000. The minimum atomic E-state index is -0.981. The number of anilines is 1. The second kappa shape index (κ2) is 8.18. The summed E-state index contributed by atoms with van der Waals surface area (Å²) in [6.07, 6.45) is 3.09. The lowest BCUT2D eigenvalue weighted by molar-refractivity contribution is -0.122. The summed E-state index contributed by atoms with van der Waals surface area (Å²) in [4.78, 5) is 37.1. The highest BCUT2D eigenvalue weighted by molar-refractivity contribution is 5.94. The van der Waals surface area contributed by atoms with Crippen LogP contribution in [0.4, 0.5) is 14.7 Å². The van der Waals surface area contributed by atoms with E-state index in [4.69, 9.17) is 4.74 Å². The molecule has 4 rings (SSSR count). The van der Waals surface area contributed by atoms with E-state index in [1.165, 1.54) is 18.5 Å². The van der Waals surface area contributed by atoms with Crippen LogP contribution in [0.2, 0.25) is 0 Å². The van der Waals surface area contributed by atoms with Gasteiger partial charge in [-0.15, -0.1) is 0 Å². The summed E-state index contributed by atoms with van der Waals surface area (Å²) >= 11 is 0. The summed E-state index contributed by atoms with van der Waals surface area (Å²) in [5, 5.41) is 2.99. The number of hydrogen-bond acceptors (Lipinski definition) is 6. The van der Waals surface area contributed by atoms with Crippen molar-refractivity contribution in [1.82, 2.24) is 20.2 Å². The molecule has 2 fully saturated rings. The minimum absolute atomic E-state index is 0.155. The Labute approximate surface area is 178 Å². The van der Waals surface area contributed by atoms with Crippen LogP contribution in [0.15, 0.2) is 30.6 Å². The molecule has 31 heavy (non-hydrogen) atoms. The summed E-state index contributed by atoms with van der Waals surface area (Å²) in [7, 11) is 3.59. The molecule has 2 aliphatic heterocycles. The molecule has 0 aliphatic carbocycles. The van der Waals surface area contributed by atoms with E-state index in [1.807, 2.05) is 0 Å². The second-order valence-corrected chi connectivity index (χ2v) is 8.08. The largest absolute Gasteiger partial charge is 0.378 e. The fourth-order valence-corrected chi connectivity index (χ4v) is 4.13. The lowest BCUT2D eigenvalue weighted by Crippen LogP contribution is -2.55. The van der Waals surface area contributed by atoms with Crippen molar-refractivity contribution in [3.05, 3.63) is 53.4 Å².